The number of aryl methyl sites for hydroxylation is 1. The Kier molecular flexibility index (Phi) is 7.11. The Morgan fingerprint density at radius 1 is 1.09 bits per heavy atom. The number of carboxylic acid groups (broad SMARTS) is 1. The van der Waals surface area contributed by atoms with Crippen LogP contribution in [0, 0.1) is 5.82 Å². The van der Waals surface area contributed by atoms with Crippen molar-refractivity contribution in [3.8, 4) is 0 Å². The molecule has 0 unspecified atom stereocenters. The van der Waals surface area contributed by atoms with E-state index in [9.17, 15) is 52.9 Å². The van der Waals surface area contributed by atoms with Crippen molar-refractivity contribution in [2.75, 3.05) is 38.1 Å². The maximum Gasteiger partial charge on any atom is 0.369 e. The minimum absolute atomic E-state index is 0.0379. The average Bonchev–Trinajstić information content (AvgIpc) is 2.71. The number of aromatic nitrogens is 1. The third kappa shape index (κ3) is 4.81. The lowest BCUT2D eigenvalue weighted by Crippen LogP contribution is -2.44. The van der Waals surface area contributed by atoms with Gasteiger partial charge in [0.15, 0.2) is 0 Å². The van der Waals surface area contributed by atoms with Gasteiger partial charge in [-0.25, -0.2) is 9.18 Å². The first kappa shape index (κ1) is 26.5. The molecule has 1 fully saturated rings. The Bertz CT molecular complexity index is 1260. The minimum atomic E-state index is -5.76. The lowest BCUT2D eigenvalue weighted by Gasteiger charge is -2.34. The number of piperazine rings is 1. The maximum absolute atomic E-state index is 14.9. The smallest absolute Gasteiger partial charge is 0.369 e. The number of nitrogens with zero attached hydrogens (tertiary/aromatic N) is 3. The topological polar surface area (TPSA) is 201 Å². The number of carboxylic acids is 1. The van der Waals surface area contributed by atoms with Crippen LogP contribution in [-0.4, -0.2) is 83.5 Å². The van der Waals surface area contributed by atoms with Gasteiger partial charge in [-0.1, -0.05) is 0 Å². The summed E-state index contributed by atoms with van der Waals surface area (Å²) in [7, 11) is -9.64. The first-order valence-corrected chi connectivity index (χ1v) is 13.2. The van der Waals surface area contributed by atoms with Crippen LogP contribution in [0.15, 0.2) is 23.1 Å². The summed E-state index contributed by atoms with van der Waals surface area (Å²) in [6.07, 6.45) is -0.377. The van der Waals surface area contributed by atoms with E-state index < -0.39 is 56.0 Å². The molecule has 1 aliphatic heterocycles. The quantitative estimate of drug-likeness (QED) is 0.265. The molecule has 16 heteroatoms. The Morgan fingerprint density at radius 2 is 1.65 bits per heavy atom. The van der Waals surface area contributed by atoms with Gasteiger partial charge in [0.2, 0.25) is 5.43 Å². The summed E-state index contributed by atoms with van der Waals surface area (Å²) in [4.78, 5) is 65.4. The number of likely N-dealkylation sites (N-methyl/N-ethyl adjacent to an activating group) is 1. The summed E-state index contributed by atoms with van der Waals surface area (Å²) in [6, 6.07) is 2.11. The average molecular weight is 523 g/mol. The van der Waals surface area contributed by atoms with Gasteiger partial charge in [0.1, 0.15) is 11.4 Å². The summed E-state index contributed by atoms with van der Waals surface area (Å²) in [5.74, 6) is -2.45. The molecule has 0 atom stereocenters. The first-order chi connectivity index (χ1) is 15.6. The predicted octanol–water partition coefficient (Wildman–Crippen LogP) is -0.0178. The first-order valence-electron chi connectivity index (χ1n) is 9.94. The summed E-state index contributed by atoms with van der Waals surface area (Å²) in [6.45, 7) is 1.44. The van der Waals surface area contributed by atoms with Crippen LogP contribution in [0.5, 0.6) is 0 Å². The highest BCUT2D eigenvalue weighted by Gasteiger charge is 2.58. The number of benzene rings is 1. The van der Waals surface area contributed by atoms with Crippen LogP contribution < -0.4 is 10.3 Å². The number of hydrogen-bond donors (Lipinski definition) is 6. The fourth-order valence-electron chi connectivity index (χ4n) is 3.76. The van der Waals surface area contributed by atoms with Gasteiger partial charge in [0.25, 0.3) is 5.08 Å². The molecule has 0 bridgehead atoms. The van der Waals surface area contributed by atoms with E-state index in [-0.39, 0.29) is 16.6 Å². The minimum Gasteiger partial charge on any atom is -0.477 e. The monoisotopic (exact) mass is 523 g/mol. The van der Waals surface area contributed by atoms with Crippen molar-refractivity contribution in [2.45, 2.75) is 18.0 Å². The number of hydrogen-bond acceptors (Lipinski definition) is 7. The zero-order valence-corrected chi connectivity index (χ0v) is 19.7. The predicted molar refractivity (Wildman–Crippen MR) is 118 cm³/mol. The molecule has 6 N–H and O–H groups in total. The SMILES string of the molecule is CN1CCN(c2cc3c(cc2F)c(=O)c(C(=O)O)cn3CCC(O)(P(=O)(O)O)P(=O)(O)O)CC1. The van der Waals surface area contributed by atoms with Crippen LogP contribution in [0.25, 0.3) is 10.9 Å². The molecule has 34 heavy (non-hydrogen) atoms. The molecule has 0 radical (unpaired) electrons. The van der Waals surface area contributed by atoms with Crippen molar-refractivity contribution in [3.63, 3.8) is 0 Å². The fraction of sp³-hybridized carbons (Fsp3) is 0.444. The van der Waals surface area contributed by atoms with Gasteiger partial charge in [-0.3, -0.25) is 13.9 Å². The number of fused-ring (bicyclic) bond motifs is 1. The Labute approximate surface area is 192 Å². The second-order valence-corrected chi connectivity index (χ2v) is 12.1. The van der Waals surface area contributed by atoms with Crippen LogP contribution >= 0.6 is 15.2 Å². The van der Waals surface area contributed by atoms with E-state index >= 15 is 0 Å². The highest BCUT2D eigenvalue weighted by atomic mass is 31.2. The molecule has 13 nitrogen and oxygen atoms in total. The zero-order valence-electron chi connectivity index (χ0n) is 17.9. The zero-order chi connectivity index (χ0) is 25.6. The molecule has 1 aromatic carbocycles. The van der Waals surface area contributed by atoms with Crippen molar-refractivity contribution in [3.05, 3.63) is 39.9 Å². The van der Waals surface area contributed by atoms with Gasteiger partial charge in [-0.15, -0.1) is 0 Å². The third-order valence-electron chi connectivity index (χ3n) is 5.84. The number of pyridine rings is 1. The molecule has 1 aromatic heterocycles. The largest absolute Gasteiger partial charge is 0.477 e. The highest BCUT2D eigenvalue weighted by Crippen LogP contribution is 2.69. The molecule has 188 valence electrons. The van der Waals surface area contributed by atoms with Gasteiger partial charge in [-0.2, -0.15) is 0 Å². The van der Waals surface area contributed by atoms with Gasteiger partial charge >= 0.3 is 21.2 Å². The van der Waals surface area contributed by atoms with Crippen LogP contribution in [0.4, 0.5) is 10.1 Å². The van der Waals surface area contributed by atoms with E-state index in [2.05, 4.69) is 0 Å². The Balaban J connectivity index is 2.17. The van der Waals surface area contributed by atoms with Crippen LogP contribution in [0.3, 0.4) is 0 Å². The number of aliphatic hydroxyl groups is 1. The molecule has 0 saturated carbocycles. The van der Waals surface area contributed by atoms with Crippen LogP contribution in [-0.2, 0) is 15.7 Å². The number of anilines is 1. The van der Waals surface area contributed by atoms with Crippen LogP contribution in [0.1, 0.15) is 16.8 Å². The Morgan fingerprint density at radius 3 is 2.15 bits per heavy atom. The number of halogens is 1. The molecule has 2 aromatic rings. The summed E-state index contributed by atoms with van der Waals surface area (Å²) < 4.78 is 39.3. The van der Waals surface area contributed by atoms with Crippen molar-refractivity contribution >= 4 is 37.8 Å². The summed E-state index contributed by atoms with van der Waals surface area (Å²) in [5, 5.41) is 15.5. The van der Waals surface area contributed by atoms with E-state index in [4.69, 9.17) is 0 Å². The number of rotatable bonds is 7. The van der Waals surface area contributed by atoms with Crippen molar-refractivity contribution in [2.24, 2.45) is 0 Å². The van der Waals surface area contributed by atoms with Crippen LogP contribution in [0.2, 0.25) is 0 Å². The molecule has 0 spiro atoms. The standard InChI is InChI=1S/C18H24FN3O10P2/c1-20-4-6-21(7-5-20)15-9-14-11(8-13(15)19)16(23)12(17(24)25)10-22(14)3-2-18(26,33(27,28)29)34(30,31)32/h8-10,26H,2-7H2,1H3,(H,24,25)(H2,27,28,29)(H2,30,31,32). The van der Waals surface area contributed by atoms with Gasteiger partial charge in [-0.05, 0) is 19.2 Å². The summed E-state index contributed by atoms with van der Waals surface area (Å²) >= 11 is 0. The fourth-order valence-corrected chi connectivity index (χ4v) is 5.90. The lowest BCUT2D eigenvalue weighted by atomic mass is 10.1. The molecule has 0 amide bonds. The van der Waals surface area contributed by atoms with E-state index in [0.29, 0.717) is 26.2 Å². The maximum atomic E-state index is 14.9. The number of aromatic carboxylic acids is 1. The molecular weight excluding hydrogens is 499 g/mol. The van der Waals surface area contributed by atoms with E-state index in [1.54, 1.807) is 4.90 Å². The molecular formula is C18H24FN3O10P2. The molecule has 0 aliphatic carbocycles. The van der Waals surface area contributed by atoms with E-state index in [1.165, 1.54) is 6.07 Å². The molecule has 3 rings (SSSR count). The summed E-state index contributed by atoms with van der Waals surface area (Å²) in [5.41, 5.74) is -1.75. The second-order valence-electron chi connectivity index (χ2n) is 8.09. The molecule has 2 heterocycles. The van der Waals surface area contributed by atoms with Crippen molar-refractivity contribution in [1.29, 1.82) is 0 Å². The van der Waals surface area contributed by atoms with E-state index in [0.717, 1.165) is 16.8 Å². The molecule has 1 aliphatic rings. The van der Waals surface area contributed by atoms with Gasteiger partial charge in [0, 0.05) is 50.7 Å². The van der Waals surface area contributed by atoms with Gasteiger partial charge < -0.3 is 44.2 Å². The Hall–Kier alpha value is -2.15. The van der Waals surface area contributed by atoms with E-state index in [1.807, 2.05) is 11.9 Å². The highest BCUT2D eigenvalue weighted by molar-refractivity contribution is 7.72. The normalized spacial score (nSPS) is 16.3. The lowest BCUT2D eigenvalue weighted by molar-refractivity contribution is 0.0694. The van der Waals surface area contributed by atoms with Gasteiger partial charge in [0.05, 0.1) is 11.2 Å². The number of carbonyl (C=O) groups is 1. The van der Waals surface area contributed by atoms with Crippen molar-refractivity contribution in [1.82, 2.24) is 9.47 Å². The molecule has 1 saturated heterocycles. The second kappa shape index (κ2) is 9.14. The van der Waals surface area contributed by atoms with Crippen molar-refractivity contribution < 1.29 is 48.1 Å². The third-order valence-corrected chi connectivity index (χ3v) is 9.72.